The van der Waals surface area contributed by atoms with Crippen molar-refractivity contribution in [3.8, 4) is 0 Å². The van der Waals surface area contributed by atoms with E-state index in [4.69, 9.17) is 0 Å². The summed E-state index contributed by atoms with van der Waals surface area (Å²) in [6.07, 6.45) is 7.81. The summed E-state index contributed by atoms with van der Waals surface area (Å²) >= 11 is 0. The van der Waals surface area contributed by atoms with E-state index in [0.29, 0.717) is 12.6 Å². The minimum Gasteiger partial charge on any atom is -0.352 e. The molecule has 0 bridgehead atoms. The smallest absolute Gasteiger partial charge is 0.234 e. The van der Waals surface area contributed by atoms with E-state index in [1.54, 1.807) is 6.20 Å². The highest BCUT2D eigenvalue weighted by Crippen LogP contribution is 2.17. The van der Waals surface area contributed by atoms with Crippen molar-refractivity contribution in [2.24, 2.45) is 0 Å². The van der Waals surface area contributed by atoms with Crippen molar-refractivity contribution in [2.75, 3.05) is 6.54 Å². The molecule has 1 aromatic heterocycles. The Morgan fingerprint density at radius 1 is 1.37 bits per heavy atom. The Bertz CT molecular complexity index is 388. The van der Waals surface area contributed by atoms with E-state index in [0.717, 1.165) is 18.5 Å². The second-order valence-corrected chi connectivity index (χ2v) is 5.26. The van der Waals surface area contributed by atoms with Crippen LogP contribution in [0.25, 0.3) is 0 Å². The van der Waals surface area contributed by atoms with Gasteiger partial charge in [0.25, 0.3) is 0 Å². The number of nitrogens with zero attached hydrogens (tertiary/aromatic N) is 1. The first-order valence-corrected chi connectivity index (χ1v) is 7.19. The van der Waals surface area contributed by atoms with Gasteiger partial charge in [-0.3, -0.25) is 9.78 Å². The van der Waals surface area contributed by atoms with E-state index in [-0.39, 0.29) is 11.9 Å². The zero-order chi connectivity index (χ0) is 13.5. The number of amides is 1. The Kier molecular flexibility index (Phi) is 5.33. The normalized spacial score (nSPS) is 17.9. The maximum Gasteiger partial charge on any atom is 0.234 e. The highest BCUT2D eigenvalue weighted by Gasteiger charge is 2.16. The number of hydrogen-bond donors (Lipinski definition) is 2. The summed E-state index contributed by atoms with van der Waals surface area (Å²) < 4.78 is 0. The molecule has 1 heterocycles. The number of hydrogen-bond acceptors (Lipinski definition) is 3. The Hall–Kier alpha value is -1.42. The van der Waals surface area contributed by atoms with Gasteiger partial charge >= 0.3 is 0 Å². The van der Waals surface area contributed by atoms with Crippen molar-refractivity contribution in [3.63, 3.8) is 0 Å². The number of nitrogens with one attached hydrogen (secondary N) is 2. The van der Waals surface area contributed by atoms with E-state index < -0.39 is 0 Å². The van der Waals surface area contributed by atoms with Gasteiger partial charge in [0.05, 0.1) is 12.2 Å². The Labute approximate surface area is 115 Å². The van der Waals surface area contributed by atoms with Crippen molar-refractivity contribution in [3.05, 3.63) is 30.1 Å². The third-order valence-corrected chi connectivity index (χ3v) is 3.67. The maximum atomic E-state index is 11.9. The molecule has 19 heavy (non-hydrogen) atoms. The molecule has 0 aromatic carbocycles. The van der Waals surface area contributed by atoms with E-state index in [9.17, 15) is 4.79 Å². The zero-order valence-electron chi connectivity index (χ0n) is 11.6. The average Bonchev–Trinajstić information content (AvgIpc) is 2.47. The van der Waals surface area contributed by atoms with Crippen LogP contribution in [-0.4, -0.2) is 23.5 Å². The topological polar surface area (TPSA) is 54.0 Å². The van der Waals surface area contributed by atoms with E-state index in [1.807, 2.05) is 25.1 Å². The lowest BCUT2D eigenvalue weighted by molar-refractivity contribution is -0.121. The molecular weight excluding hydrogens is 238 g/mol. The lowest BCUT2D eigenvalue weighted by Gasteiger charge is -2.23. The van der Waals surface area contributed by atoms with E-state index >= 15 is 0 Å². The molecule has 0 unspecified atom stereocenters. The van der Waals surface area contributed by atoms with Gasteiger partial charge in [0.2, 0.25) is 5.91 Å². The molecule has 1 aromatic rings. The molecule has 1 atom stereocenters. The molecule has 0 saturated heterocycles. The van der Waals surface area contributed by atoms with Crippen molar-refractivity contribution >= 4 is 5.91 Å². The van der Waals surface area contributed by atoms with Crippen LogP contribution < -0.4 is 10.6 Å². The summed E-state index contributed by atoms with van der Waals surface area (Å²) in [5, 5.41) is 6.32. The third kappa shape index (κ3) is 4.63. The zero-order valence-corrected chi connectivity index (χ0v) is 11.6. The number of aromatic nitrogens is 1. The molecule has 0 spiro atoms. The van der Waals surface area contributed by atoms with Crippen molar-refractivity contribution in [2.45, 2.75) is 51.1 Å². The van der Waals surface area contributed by atoms with Crippen LogP contribution in [0.4, 0.5) is 0 Å². The summed E-state index contributed by atoms with van der Waals surface area (Å²) in [7, 11) is 0. The quantitative estimate of drug-likeness (QED) is 0.854. The van der Waals surface area contributed by atoms with E-state index in [2.05, 4.69) is 15.6 Å². The summed E-state index contributed by atoms with van der Waals surface area (Å²) in [6, 6.07) is 6.30. The van der Waals surface area contributed by atoms with E-state index in [1.165, 1.54) is 19.3 Å². The van der Waals surface area contributed by atoms with Crippen molar-refractivity contribution < 1.29 is 4.79 Å². The molecular formula is C15H23N3O. The molecule has 1 aliphatic rings. The fourth-order valence-electron chi connectivity index (χ4n) is 2.51. The molecule has 104 valence electrons. The second kappa shape index (κ2) is 7.24. The number of pyridine rings is 1. The Morgan fingerprint density at radius 2 is 2.16 bits per heavy atom. The second-order valence-electron chi connectivity index (χ2n) is 5.26. The van der Waals surface area contributed by atoms with Crippen LogP contribution in [0.3, 0.4) is 0 Å². The number of carbonyl (C=O) groups excluding carboxylic acids is 1. The van der Waals surface area contributed by atoms with Gasteiger partial charge in [-0.25, -0.2) is 0 Å². The van der Waals surface area contributed by atoms with Gasteiger partial charge < -0.3 is 10.6 Å². The molecule has 1 amide bonds. The lowest BCUT2D eigenvalue weighted by Crippen LogP contribution is -2.41. The van der Waals surface area contributed by atoms with Crippen LogP contribution in [0.2, 0.25) is 0 Å². The van der Waals surface area contributed by atoms with Gasteiger partial charge in [-0.2, -0.15) is 0 Å². The third-order valence-electron chi connectivity index (χ3n) is 3.67. The average molecular weight is 261 g/mol. The fourth-order valence-corrected chi connectivity index (χ4v) is 2.51. The highest BCUT2D eigenvalue weighted by atomic mass is 16.1. The summed E-state index contributed by atoms with van der Waals surface area (Å²) in [5.74, 6) is 0.0923. The molecule has 0 radical (unpaired) electrons. The van der Waals surface area contributed by atoms with Gasteiger partial charge in [-0.15, -0.1) is 0 Å². The molecule has 4 nitrogen and oxygen atoms in total. The monoisotopic (exact) mass is 261 g/mol. The van der Waals surface area contributed by atoms with Crippen molar-refractivity contribution in [1.29, 1.82) is 0 Å². The minimum absolute atomic E-state index is 0.0923. The molecule has 0 aliphatic heterocycles. The number of carbonyl (C=O) groups is 1. The first-order chi connectivity index (χ1) is 9.25. The fraction of sp³-hybridized carbons (Fsp3) is 0.600. The first-order valence-electron chi connectivity index (χ1n) is 7.19. The van der Waals surface area contributed by atoms with Crippen LogP contribution in [0.5, 0.6) is 0 Å². The van der Waals surface area contributed by atoms with Gasteiger partial charge in [0.15, 0.2) is 0 Å². The number of rotatable bonds is 5. The van der Waals surface area contributed by atoms with Crippen LogP contribution in [0.15, 0.2) is 24.4 Å². The SMILES string of the molecule is C[C@H](NCC(=O)NC1CCCCC1)c1ccccn1. The molecule has 2 rings (SSSR count). The molecule has 1 aliphatic carbocycles. The molecule has 1 fully saturated rings. The summed E-state index contributed by atoms with van der Waals surface area (Å²) in [4.78, 5) is 16.1. The predicted molar refractivity (Wildman–Crippen MR) is 75.7 cm³/mol. The molecule has 4 heteroatoms. The van der Waals surface area contributed by atoms with Crippen LogP contribution >= 0.6 is 0 Å². The molecule has 2 N–H and O–H groups in total. The lowest BCUT2D eigenvalue weighted by atomic mass is 9.95. The van der Waals surface area contributed by atoms with Crippen LogP contribution in [0.1, 0.15) is 50.8 Å². The van der Waals surface area contributed by atoms with Gasteiger partial charge in [-0.05, 0) is 31.9 Å². The van der Waals surface area contributed by atoms with Crippen LogP contribution in [-0.2, 0) is 4.79 Å². The highest BCUT2D eigenvalue weighted by molar-refractivity contribution is 5.78. The first kappa shape index (κ1) is 14.0. The standard InChI is InChI=1S/C15H23N3O/c1-12(14-9-5-6-10-16-14)17-11-15(19)18-13-7-3-2-4-8-13/h5-6,9-10,12-13,17H,2-4,7-8,11H2,1H3,(H,18,19)/t12-/m0/s1. The Morgan fingerprint density at radius 3 is 2.84 bits per heavy atom. The molecule has 1 saturated carbocycles. The minimum atomic E-state index is 0.0923. The summed E-state index contributed by atoms with van der Waals surface area (Å²) in [6.45, 7) is 2.38. The van der Waals surface area contributed by atoms with Gasteiger partial charge in [0.1, 0.15) is 0 Å². The van der Waals surface area contributed by atoms with Crippen molar-refractivity contribution in [1.82, 2.24) is 15.6 Å². The largest absolute Gasteiger partial charge is 0.352 e. The maximum absolute atomic E-state index is 11.9. The Balaban J connectivity index is 1.71. The van der Waals surface area contributed by atoms with Gasteiger partial charge in [0, 0.05) is 18.3 Å². The summed E-state index contributed by atoms with van der Waals surface area (Å²) in [5.41, 5.74) is 0.966. The van der Waals surface area contributed by atoms with Crippen LogP contribution in [0, 0.1) is 0 Å². The van der Waals surface area contributed by atoms with Gasteiger partial charge in [-0.1, -0.05) is 25.3 Å². The predicted octanol–water partition coefficient (Wildman–Crippen LogP) is 2.18.